The Kier molecular flexibility index (Phi) is 42.2. The number of phosphoric ester groups is 1. The predicted molar refractivity (Wildman–Crippen MR) is 272 cm³/mol. The summed E-state index contributed by atoms with van der Waals surface area (Å²) in [5.74, 6) is -0.477. The highest BCUT2D eigenvalue weighted by atomic mass is 31.2. The van der Waals surface area contributed by atoms with Gasteiger partial charge in [-0.15, -0.1) is 0 Å². The van der Waals surface area contributed by atoms with E-state index in [0.717, 1.165) is 64.2 Å². The fourth-order valence-electron chi connectivity index (χ4n) is 8.42. The van der Waals surface area contributed by atoms with Crippen LogP contribution in [-0.2, 0) is 27.9 Å². The lowest BCUT2D eigenvalue weighted by Crippen LogP contribution is -2.64. The topological polar surface area (TPSA) is 192 Å². The van der Waals surface area contributed by atoms with Crippen LogP contribution in [0.4, 0.5) is 0 Å². The second kappa shape index (κ2) is 44.5. The Morgan fingerprint density at radius 1 is 0.478 bits per heavy atom. The van der Waals surface area contributed by atoms with E-state index >= 15 is 0 Å². The molecule has 0 amide bonds. The molecule has 6 unspecified atom stereocenters. The molecular weight excluding hydrogens is 872 g/mol. The van der Waals surface area contributed by atoms with Gasteiger partial charge in [-0.2, -0.15) is 0 Å². The van der Waals surface area contributed by atoms with E-state index < -0.39 is 63.1 Å². The number of phosphoric acid groups is 1. The van der Waals surface area contributed by atoms with Gasteiger partial charge in [0, 0.05) is 13.0 Å². The third kappa shape index (κ3) is 36.2. The van der Waals surface area contributed by atoms with E-state index in [4.69, 9.17) is 18.5 Å². The molecule has 1 aliphatic rings. The lowest BCUT2D eigenvalue weighted by atomic mass is 9.85. The Morgan fingerprint density at radius 3 is 1.27 bits per heavy atom. The first-order valence-corrected chi connectivity index (χ1v) is 28.8. The summed E-state index contributed by atoms with van der Waals surface area (Å²) in [5, 5.41) is 50.4. The van der Waals surface area contributed by atoms with Crippen molar-refractivity contribution < 1.29 is 58.3 Å². The summed E-state index contributed by atoms with van der Waals surface area (Å²) in [6, 6.07) is 0. The normalized spacial score (nSPS) is 21.5. The maximum Gasteiger partial charge on any atom is 0.472 e. The molecule has 6 atom stereocenters. The molecular formula is C54H101O12P. The Morgan fingerprint density at radius 2 is 0.836 bits per heavy atom. The highest BCUT2D eigenvalue weighted by Gasteiger charge is 2.51. The van der Waals surface area contributed by atoms with Gasteiger partial charge in [0.2, 0.25) is 0 Å². The van der Waals surface area contributed by atoms with Crippen molar-refractivity contribution in [2.24, 2.45) is 0 Å². The van der Waals surface area contributed by atoms with Gasteiger partial charge >= 0.3 is 13.8 Å². The van der Waals surface area contributed by atoms with E-state index in [0.29, 0.717) is 13.0 Å². The zero-order valence-corrected chi connectivity index (χ0v) is 43.4. The van der Waals surface area contributed by atoms with Crippen LogP contribution in [0.1, 0.15) is 239 Å². The standard InChI is InChI=1S/C54H101O12P/c1-3-5-7-9-11-13-15-17-19-21-23-24-25-26-28-30-32-34-36-38-40-42-44-63-45-47(46-64-67(61,62)66-54-52(59)50(57)49(56)51(58)53(54)60)65-48(55)43-41-39-37-35-33-31-29-27-22-20-18-16-14-12-10-8-6-4-2/h15,17,21,23,25-26,47,49-54,56-60H,3-14,16,18-20,22,24,27-46H2,1-2H3,(H,61,62)/b17-15-,23-21-,26-25-. The summed E-state index contributed by atoms with van der Waals surface area (Å²) in [5.41, 5.74) is 0. The molecule has 0 aliphatic heterocycles. The number of rotatable bonds is 47. The van der Waals surface area contributed by atoms with Crippen LogP contribution in [0.5, 0.6) is 0 Å². The van der Waals surface area contributed by atoms with Crippen molar-refractivity contribution in [3.8, 4) is 0 Å². The number of aliphatic hydroxyl groups is 5. The number of ether oxygens (including phenoxy) is 2. The Bertz CT molecular complexity index is 1250. The minimum atomic E-state index is -5.03. The zero-order valence-electron chi connectivity index (χ0n) is 42.5. The third-order valence-corrected chi connectivity index (χ3v) is 13.8. The van der Waals surface area contributed by atoms with Gasteiger partial charge in [0.15, 0.2) is 0 Å². The van der Waals surface area contributed by atoms with Crippen molar-refractivity contribution in [1.82, 2.24) is 0 Å². The van der Waals surface area contributed by atoms with E-state index in [1.54, 1.807) is 0 Å². The number of unbranched alkanes of at least 4 members (excludes halogenated alkanes) is 29. The van der Waals surface area contributed by atoms with Gasteiger partial charge in [-0.25, -0.2) is 4.57 Å². The first kappa shape index (κ1) is 63.6. The third-order valence-electron chi connectivity index (χ3n) is 12.8. The van der Waals surface area contributed by atoms with E-state index in [-0.39, 0.29) is 13.0 Å². The number of hydrogen-bond donors (Lipinski definition) is 6. The molecule has 12 nitrogen and oxygen atoms in total. The number of allylic oxidation sites excluding steroid dienone is 6. The lowest BCUT2D eigenvalue weighted by molar-refractivity contribution is -0.220. The van der Waals surface area contributed by atoms with Gasteiger partial charge in [-0.05, 0) is 51.4 Å². The molecule has 394 valence electrons. The maximum atomic E-state index is 12.9. The van der Waals surface area contributed by atoms with Gasteiger partial charge < -0.3 is 39.9 Å². The molecule has 1 saturated carbocycles. The Balaban J connectivity index is 2.32. The monoisotopic (exact) mass is 973 g/mol. The van der Waals surface area contributed by atoms with Crippen molar-refractivity contribution in [2.45, 2.75) is 281 Å². The van der Waals surface area contributed by atoms with Crippen LogP contribution in [0.3, 0.4) is 0 Å². The van der Waals surface area contributed by atoms with Crippen molar-refractivity contribution in [2.75, 3.05) is 19.8 Å². The minimum Gasteiger partial charge on any atom is -0.457 e. The highest BCUT2D eigenvalue weighted by molar-refractivity contribution is 7.47. The summed E-state index contributed by atoms with van der Waals surface area (Å²) in [6.07, 6.45) is 42.1. The molecule has 1 fully saturated rings. The Labute approximate surface area is 408 Å². The lowest BCUT2D eigenvalue weighted by Gasteiger charge is -2.41. The van der Waals surface area contributed by atoms with E-state index in [9.17, 15) is 39.8 Å². The summed E-state index contributed by atoms with van der Waals surface area (Å²) in [7, 11) is -5.03. The van der Waals surface area contributed by atoms with Crippen molar-refractivity contribution in [1.29, 1.82) is 0 Å². The fraction of sp³-hybridized carbons (Fsp3) is 0.870. The smallest absolute Gasteiger partial charge is 0.457 e. The molecule has 0 radical (unpaired) electrons. The van der Waals surface area contributed by atoms with Gasteiger partial charge in [0.05, 0.1) is 13.2 Å². The molecule has 0 spiro atoms. The molecule has 1 aliphatic carbocycles. The van der Waals surface area contributed by atoms with Gasteiger partial charge in [-0.3, -0.25) is 13.8 Å². The Hall–Kier alpha value is -1.44. The molecule has 0 aromatic heterocycles. The van der Waals surface area contributed by atoms with Crippen LogP contribution < -0.4 is 0 Å². The predicted octanol–water partition coefficient (Wildman–Crippen LogP) is 12.6. The quantitative estimate of drug-likeness (QED) is 0.0147. The van der Waals surface area contributed by atoms with E-state index in [1.165, 1.54) is 148 Å². The molecule has 0 heterocycles. The largest absolute Gasteiger partial charge is 0.472 e. The van der Waals surface area contributed by atoms with Crippen LogP contribution in [0, 0.1) is 0 Å². The second-order valence-corrected chi connectivity index (χ2v) is 20.5. The zero-order chi connectivity index (χ0) is 49.1. The fourth-order valence-corrected chi connectivity index (χ4v) is 9.40. The van der Waals surface area contributed by atoms with Crippen molar-refractivity contribution in [3.63, 3.8) is 0 Å². The number of carbonyl (C=O) groups is 1. The molecule has 6 N–H and O–H groups in total. The minimum absolute atomic E-state index is 0.0806. The molecule has 13 heteroatoms. The van der Waals surface area contributed by atoms with Gasteiger partial charge in [0.1, 0.15) is 42.7 Å². The molecule has 0 aromatic carbocycles. The average molecular weight is 973 g/mol. The first-order valence-electron chi connectivity index (χ1n) is 27.3. The van der Waals surface area contributed by atoms with Crippen LogP contribution in [0.15, 0.2) is 36.5 Å². The molecule has 0 bridgehead atoms. The van der Waals surface area contributed by atoms with E-state index in [2.05, 4.69) is 50.3 Å². The second-order valence-electron chi connectivity index (χ2n) is 19.1. The number of aliphatic hydroxyl groups excluding tert-OH is 5. The average Bonchev–Trinajstić information content (AvgIpc) is 3.31. The van der Waals surface area contributed by atoms with Crippen LogP contribution >= 0.6 is 7.82 Å². The number of hydrogen-bond acceptors (Lipinski definition) is 11. The summed E-state index contributed by atoms with van der Waals surface area (Å²) in [4.78, 5) is 23.3. The SMILES string of the molecule is CCCCCCC/C=C\C/C=C\C/C=C\CCCCCCCCCOCC(COP(=O)(O)OC1C(O)C(O)C(O)C(O)C1O)OC(=O)CCCCCCCCCCCCCCCCCCCC. The summed E-state index contributed by atoms with van der Waals surface area (Å²) < 4.78 is 34.3. The number of esters is 1. The first-order chi connectivity index (χ1) is 32.5. The molecule has 67 heavy (non-hydrogen) atoms. The van der Waals surface area contributed by atoms with E-state index in [1.807, 2.05) is 0 Å². The van der Waals surface area contributed by atoms with Crippen LogP contribution in [-0.4, -0.2) is 98.9 Å². The number of carbonyl (C=O) groups excluding carboxylic acids is 1. The highest BCUT2D eigenvalue weighted by Crippen LogP contribution is 2.47. The van der Waals surface area contributed by atoms with Gasteiger partial charge in [-0.1, -0.05) is 217 Å². The van der Waals surface area contributed by atoms with Gasteiger partial charge in [0.25, 0.3) is 0 Å². The molecule has 0 aromatic rings. The molecule has 0 saturated heterocycles. The summed E-state index contributed by atoms with van der Waals surface area (Å²) in [6.45, 7) is 4.27. The van der Waals surface area contributed by atoms with Crippen molar-refractivity contribution in [3.05, 3.63) is 36.5 Å². The maximum absolute atomic E-state index is 12.9. The van der Waals surface area contributed by atoms with Crippen LogP contribution in [0.25, 0.3) is 0 Å². The van der Waals surface area contributed by atoms with Crippen molar-refractivity contribution >= 4 is 13.8 Å². The summed E-state index contributed by atoms with van der Waals surface area (Å²) >= 11 is 0. The van der Waals surface area contributed by atoms with Crippen LogP contribution in [0.2, 0.25) is 0 Å². The molecule has 1 rings (SSSR count).